The Morgan fingerprint density at radius 1 is 1.26 bits per heavy atom. The molecule has 0 saturated heterocycles. The number of carbonyl (C=O) groups excluding carboxylic acids is 1. The highest BCUT2D eigenvalue weighted by Gasteiger charge is 2.39. The van der Waals surface area contributed by atoms with Crippen LogP contribution in [0.2, 0.25) is 5.02 Å². The Labute approximate surface area is 164 Å². The van der Waals surface area contributed by atoms with Crippen molar-refractivity contribution in [1.29, 1.82) is 0 Å². The van der Waals surface area contributed by atoms with Crippen LogP contribution in [0, 0.1) is 5.92 Å². The number of rotatable bonds is 8. The van der Waals surface area contributed by atoms with Gasteiger partial charge in [0, 0.05) is 18.9 Å². The van der Waals surface area contributed by atoms with Crippen molar-refractivity contribution in [1.82, 2.24) is 14.8 Å². The van der Waals surface area contributed by atoms with Gasteiger partial charge in [-0.1, -0.05) is 43.6 Å². The lowest BCUT2D eigenvalue weighted by molar-refractivity contribution is -0.136. The van der Waals surface area contributed by atoms with Crippen molar-refractivity contribution in [2.45, 2.75) is 31.3 Å². The molecule has 0 aliphatic rings. The summed E-state index contributed by atoms with van der Waals surface area (Å²) in [5.41, 5.74) is 2.88. The number of halogens is 1. The van der Waals surface area contributed by atoms with Crippen LogP contribution in [-0.2, 0) is 26.2 Å². The molecule has 1 aromatic carbocycles. The summed E-state index contributed by atoms with van der Waals surface area (Å²) in [7, 11) is -2.79. The molecule has 0 radical (unpaired) electrons. The molecular formula is C18H22ClN3O4S. The quantitative estimate of drug-likeness (QED) is 0.674. The SMILES string of the molecule is CONC(=O)[C@@H](C(C)C)N(Cc1cccnc1)S(=O)(=O)c1ccccc1Cl. The minimum absolute atomic E-state index is 0.0403. The number of nitrogens with zero attached hydrogens (tertiary/aromatic N) is 2. The topological polar surface area (TPSA) is 88.6 Å². The zero-order chi connectivity index (χ0) is 20.0. The van der Waals surface area contributed by atoms with E-state index in [1.165, 1.54) is 19.2 Å². The Hall–Kier alpha value is -2.00. The van der Waals surface area contributed by atoms with Gasteiger partial charge >= 0.3 is 0 Å². The lowest BCUT2D eigenvalue weighted by atomic mass is 10.0. The van der Waals surface area contributed by atoms with E-state index in [1.54, 1.807) is 50.5 Å². The monoisotopic (exact) mass is 411 g/mol. The Bertz CT molecular complexity index is 875. The molecule has 1 heterocycles. The van der Waals surface area contributed by atoms with Crippen molar-refractivity contribution < 1.29 is 18.0 Å². The molecule has 27 heavy (non-hydrogen) atoms. The maximum Gasteiger partial charge on any atom is 0.262 e. The zero-order valence-corrected chi connectivity index (χ0v) is 16.9. The minimum atomic E-state index is -4.08. The molecule has 0 bridgehead atoms. The molecule has 146 valence electrons. The minimum Gasteiger partial charge on any atom is -0.277 e. The molecule has 0 spiro atoms. The number of amides is 1. The third kappa shape index (κ3) is 5.04. The normalized spacial score (nSPS) is 13.0. The predicted molar refractivity (Wildman–Crippen MR) is 102 cm³/mol. The first kappa shape index (κ1) is 21.3. The Morgan fingerprint density at radius 3 is 2.52 bits per heavy atom. The predicted octanol–water partition coefficient (Wildman–Crippen LogP) is 2.63. The summed E-state index contributed by atoms with van der Waals surface area (Å²) >= 11 is 6.14. The second kappa shape index (κ2) is 9.27. The highest BCUT2D eigenvalue weighted by atomic mass is 35.5. The zero-order valence-electron chi connectivity index (χ0n) is 15.3. The summed E-state index contributed by atoms with van der Waals surface area (Å²) in [6.45, 7) is 3.48. The number of aromatic nitrogens is 1. The highest BCUT2D eigenvalue weighted by Crippen LogP contribution is 2.29. The molecule has 1 amide bonds. The molecule has 7 nitrogen and oxygen atoms in total. The second-order valence-corrected chi connectivity index (χ2v) is 8.47. The third-order valence-electron chi connectivity index (χ3n) is 3.90. The molecule has 0 fully saturated rings. The number of benzene rings is 1. The molecule has 1 atom stereocenters. The van der Waals surface area contributed by atoms with Crippen LogP contribution < -0.4 is 5.48 Å². The van der Waals surface area contributed by atoms with Crippen LogP contribution in [0.1, 0.15) is 19.4 Å². The summed E-state index contributed by atoms with van der Waals surface area (Å²) in [6, 6.07) is 8.58. The van der Waals surface area contributed by atoms with E-state index < -0.39 is 22.0 Å². The fraction of sp³-hybridized carbons (Fsp3) is 0.333. The average Bonchev–Trinajstić information content (AvgIpc) is 2.62. The van der Waals surface area contributed by atoms with Gasteiger partial charge in [0.25, 0.3) is 5.91 Å². The van der Waals surface area contributed by atoms with Gasteiger partial charge in [0.05, 0.1) is 12.1 Å². The smallest absolute Gasteiger partial charge is 0.262 e. The summed E-state index contributed by atoms with van der Waals surface area (Å²) in [5.74, 6) is -0.888. The largest absolute Gasteiger partial charge is 0.277 e. The molecule has 0 aliphatic heterocycles. The Morgan fingerprint density at radius 2 is 1.96 bits per heavy atom. The maximum atomic E-state index is 13.4. The second-order valence-electron chi connectivity index (χ2n) is 6.20. The number of sulfonamides is 1. The first-order chi connectivity index (χ1) is 12.8. The van der Waals surface area contributed by atoms with Gasteiger partial charge in [-0.3, -0.25) is 14.6 Å². The molecule has 0 saturated carbocycles. The molecule has 1 N–H and O–H groups in total. The van der Waals surface area contributed by atoms with E-state index in [0.29, 0.717) is 5.56 Å². The van der Waals surface area contributed by atoms with E-state index in [1.807, 2.05) is 0 Å². The number of nitrogens with one attached hydrogen (secondary N) is 1. The van der Waals surface area contributed by atoms with Gasteiger partial charge in [0.2, 0.25) is 10.0 Å². The van der Waals surface area contributed by atoms with Crippen molar-refractivity contribution in [3.8, 4) is 0 Å². The molecule has 0 aliphatic carbocycles. The van der Waals surface area contributed by atoms with Gasteiger partial charge in [-0.2, -0.15) is 4.31 Å². The first-order valence-electron chi connectivity index (χ1n) is 8.27. The van der Waals surface area contributed by atoms with Crippen LogP contribution in [-0.4, -0.2) is 36.8 Å². The van der Waals surface area contributed by atoms with Crippen molar-refractivity contribution in [3.63, 3.8) is 0 Å². The van der Waals surface area contributed by atoms with E-state index in [2.05, 4.69) is 10.5 Å². The van der Waals surface area contributed by atoms with Gasteiger partial charge in [-0.15, -0.1) is 0 Å². The standard InChI is InChI=1S/C18H22ClN3O4S/c1-13(2)17(18(23)21-26-3)22(12-14-7-6-10-20-11-14)27(24,25)16-9-5-4-8-15(16)19/h4-11,13,17H,12H2,1-3H3,(H,21,23)/t17-/m1/s1. The van der Waals surface area contributed by atoms with Crippen LogP contribution >= 0.6 is 11.6 Å². The third-order valence-corrected chi connectivity index (χ3v) is 6.22. The number of pyridine rings is 1. The lowest BCUT2D eigenvalue weighted by Gasteiger charge is -2.32. The van der Waals surface area contributed by atoms with E-state index in [9.17, 15) is 13.2 Å². The van der Waals surface area contributed by atoms with Gasteiger partial charge in [0.15, 0.2) is 0 Å². The first-order valence-corrected chi connectivity index (χ1v) is 10.1. The summed E-state index contributed by atoms with van der Waals surface area (Å²) in [5, 5.41) is 0.0864. The molecule has 2 aromatic rings. The van der Waals surface area contributed by atoms with Crippen LogP contribution in [0.3, 0.4) is 0 Å². The summed E-state index contributed by atoms with van der Waals surface area (Å²) < 4.78 is 28.0. The van der Waals surface area contributed by atoms with Crippen LogP contribution in [0.5, 0.6) is 0 Å². The van der Waals surface area contributed by atoms with Crippen molar-refractivity contribution in [3.05, 3.63) is 59.4 Å². The fourth-order valence-electron chi connectivity index (χ4n) is 2.71. The van der Waals surface area contributed by atoms with Crippen LogP contribution in [0.4, 0.5) is 0 Å². The van der Waals surface area contributed by atoms with Crippen molar-refractivity contribution >= 4 is 27.5 Å². The molecular weight excluding hydrogens is 390 g/mol. The lowest BCUT2D eigenvalue weighted by Crippen LogP contribution is -2.51. The Balaban J connectivity index is 2.58. The van der Waals surface area contributed by atoms with E-state index >= 15 is 0 Å². The van der Waals surface area contributed by atoms with Gasteiger partial charge in [0.1, 0.15) is 10.9 Å². The maximum absolute atomic E-state index is 13.4. The van der Waals surface area contributed by atoms with Gasteiger partial charge in [-0.05, 0) is 29.7 Å². The van der Waals surface area contributed by atoms with E-state index in [0.717, 1.165) is 4.31 Å². The van der Waals surface area contributed by atoms with E-state index in [-0.39, 0.29) is 22.4 Å². The van der Waals surface area contributed by atoms with Crippen molar-refractivity contribution in [2.24, 2.45) is 5.92 Å². The van der Waals surface area contributed by atoms with Gasteiger partial charge in [-0.25, -0.2) is 13.9 Å². The molecule has 0 unspecified atom stereocenters. The van der Waals surface area contributed by atoms with Crippen molar-refractivity contribution in [2.75, 3.05) is 7.11 Å². The number of hydrogen-bond acceptors (Lipinski definition) is 5. The highest BCUT2D eigenvalue weighted by molar-refractivity contribution is 7.89. The Kier molecular flexibility index (Phi) is 7.32. The number of hydrogen-bond donors (Lipinski definition) is 1. The molecule has 2 rings (SSSR count). The number of hydroxylamine groups is 1. The molecule has 9 heteroatoms. The average molecular weight is 412 g/mol. The van der Waals surface area contributed by atoms with Crippen LogP contribution in [0.25, 0.3) is 0 Å². The molecule has 1 aromatic heterocycles. The number of carbonyl (C=O) groups is 1. The van der Waals surface area contributed by atoms with E-state index in [4.69, 9.17) is 16.4 Å². The van der Waals surface area contributed by atoms with Crippen LogP contribution in [0.15, 0.2) is 53.7 Å². The summed E-state index contributed by atoms with van der Waals surface area (Å²) in [4.78, 5) is 21.3. The van der Waals surface area contributed by atoms with Gasteiger partial charge < -0.3 is 0 Å². The summed E-state index contributed by atoms with van der Waals surface area (Å²) in [6.07, 6.45) is 3.15. The fourth-order valence-corrected chi connectivity index (χ4v) is 4.91.